The average Bonchev–Trinajstić information content (AvgIpc) is 2.59. The molecule has 0 amide bonds. The van der Waals surface area contributed by atoms with Crippen molar-refractivity contribution in [3.8, 4) is 17.4 Å². The average molecular weight is 374 g/mol. The zero-order chi connectivity index (χ0) is 18.5. The molecule has 0 fully saturated rings. The Balaban J connectivity index is 1.77. The Kier molecular flexibility index (Phi) is 5.68. The quantitative estimate of drug-likeness (QED) is 0.441. The molecule has 0 saturated heterocycles. The lowest BCUT2D eigenvalue weighted by Crippen LogP contribution is -1.97. The van der Waals surface area contributed by atoms with Crippen LogP contribution in [-0.2, 0) is 5.75 Å². The fraction of sp³-hybridized carbons (Fsp3) is 0.158. The number of aryl methyl sites for hydroxylation is 1. The third-order valence-electron chi connectivity index (χ3n) is 3.38. The van der Waals surface area contributed by atoms with Gasteiger partial charge in [-0.15, -0.1) is 0 Å². The fourth-order valence-corrected chi connectivity index (χ4v) is 3.11. The van der Waals surface area contributed by atoms with Crippen molar-refractivity contribution in [1.82, 2.24) is 9.97 Å². The summed E-state index contributed by atoms with van der Waals surface area (Å²) in [5.41, 5.74) is 1.24. The van der Waals surface area contributed by atoms with Crippen molar-refractivity contribution in [3.63, 3.8) is 0 Å². The molecule has 0 aliphatic heterocycles. The SMILES string of the molecule is COc1ccccc1Oc1cc(C)nc(SCc2cc(F)cc(F)c2)n1. The molecule has 0 N–H and O–H groups in total. The van der Waals surface area contributed by atoms with E-state index in [1.54, 1.807) is 25.3 Å². The highest BCUT2D eigenvalue weighted by molar-refractivity contribution is 7.98. The van der Waals surface area contributed by atoms with Crippen LogP contribution in [0.3, 0.4) is 0 Å². The fourth-order valence-electron chi connectivity index (χ4n) is 2.29. The van der Waals surface area contributed by atoms with Gasteiger partial charge < -0.3 is 9.47 Å². The molecule has 26 heavy (non-hydrogen) atoms. The highest BCUT2D eigenvalue weighted by Gasteiger charge is 2.09. The van der Waals surface area contributed by atoms with Crippen LogP contribution in [0.25, 0.3) is 0 Å². The van der Waals surface area contributed by atoms with Gasteiger partial charge in [0.05, 0.1) is 7.11 Å². The lowest BCUT2D eigenvalue weighted by molar-refractivity contribution is 0.372. The van der Waals surface area contributed by atoms with Gasteiger partial charge in [0.15, 0.2) is 16.7 Å². The van der Waals surface area contributed by atoms with Crippen molar-refractivity contribution in [3.05, 3.63) is 71.4 Å². The summed E-state index contributed by atoms with van der Waals surface area (Å²) in [6.07, 6.45) is 0. The third-order valence-corrected chi connectivity index (χ3v) is 4.30. The largest absolute Gasteiger partial charge is 0.493 e. The summed E-state index contributed by atoms with van der Waals surface area (Å²) in [5, 5.41) is 0.458. The molecular formula is C19H16F2N2O2S. The highest BCUT2D eigenvalue weighted by Crippen LogP contribution is 2.31. The maximum Gasteiger partial charge on any atom is 0.223 e. The Hall–Kier alpha value is -2.67. The number of para-hydroxylation sites is 2. The van der Waals surface area contributed by atoms with E-state index in [4.69, 9.17) is 9.47 Å². The van der Waals surface area contributed by atoms with E-state index in [1.165, 1.54) is 23.9 Å². The van der Waals surface area contributed by atoms with Crippen LogP contribution in [-0.4, -0.2) is 17.1 Å². The Morgan fingerprint density at radius 1 is 0.962 bits per heavy atom. The van der Waals surface area contributed by atoms with Crippen LogP contribution in [0.2, 0.25) is 0 Å². The first-order valence-corrected chi connectivity index (χ1v) is 8.76. The number of thioether (sulfide) groups is 1. The monoisotopic (exact) mass is 374 g/mol. The number of aromatic nitrogens is 2. The summed E-state index contributed by atoms with van der Waals surface area (Å²) in [7, 11) is 1.56. The van der Waals surface area contributed by atoms with E-state index in [1.807, 2.05) is 19.1 Å². The molecule has 7 heteroatoms. The number of methoxy groups -OCH3 is 1. The van der Waals surface area contributed by atoms with Crippen molar-refractivity contribution < 1.29 is 18.3 Å². The molecule has 0 aliphatic carbocycles. The minimum atomic E-state index is -0.606. The molecule has 0 bridgehead atoms. The number of rotatable bonds is 6. The van der Waals surface area contributed by atoms with Gasteiger partial charge in [0.25, 0.3) is 0 Å². The van der Waals surface area contributed by atoms with Gasteiger partial charge in [0.2, 0.25) is 5.88 Å². The summed E-state index contributed by atoms with van der Waals surface area (Å²) in [5.74, 6) is 0.628. The molecule has 1 heterocycles. The van der Waals surface area contributed by atoms with Gasteiger partial charge in [-0.05, 0) is 36.8 Å². The van der Waals surface area contributed by atoms with Crippen LogP contribution in [0.1, 0.15) is 11.3 Å². The normalized spacial score (nSPS) is 10.6. The summed E-state index contributed by atoms with van der Waals surface area (Å²) < 4.78 is 37.6. The number of nitrogens with zero attached hydrogens (tertiary/aromatic N) is 2. The first-order valence-electron chi connectivity index (χ1n) is 7.78. The Bertz CT molecular complexity index is 902. The Morgan fingerprint density at radius 2 is 1.65 bits per heavy atom. The van der Waals surface area contributed by atoms with E-state index < -0.39 is 11.6 Å². The lowest BCUT2D eigenvalue weighted by atomic mass is 10.2. The predicted molar refractivity (Wildman–Crippen MR) is 95.8 cm³/mol. The summed E-state index contributed by atoms with van der Waals surface area (Å²) in [6.45, 7) is 1.82. The van der Waals surface area contributed by atoms with E-state index in [0.29, 0.717) is 33.9 Å². The van der Waals surface area contributed by atoms with Crippen molar-refractivity contribution in [1.29, 1.82) is 0 Å². The number of hydrogen-bond donors (Lipinski definition) is 0. The van der Waals surface area contributed by atoms with Crippen LogP contribution < -0.4 is 9.47 Å². The maximum absolute atomic E-state index is 13.3. The van der Waals surface area contributed by atoms with Crippen LogP contribution in [0.4, 0.5) is 8.78 Å². The zero-order valence-corrected chi connectivity index (χ0v) is 15.0. The Morgan fingerprint density at radius 3 is 2.35 bits per heavy atom. The van der Waals surface area contributed by atoms with Gasteiger partial charge in [-0.1, -0.05) is 23.9 Å². The molecule has 0 unspecified atom stereocenters. The zero-order valence-electron chi connectivity index (χ0n) is 14.2. The summed E-state index contributed by atoms with van der Waals surface area (Å²) in [6, 6.07) is 12.4. The molecule has 3 aromatic rings. The summed E-state index contributed by atoms with van der Waals surface area (Å²) >= 11 is 1.27. The van der Waals surface area contributed by atoms with Gasteiger partial charge in [-0.25, -0.2) is 13.8 Å². The smallest absolute Gasteiger partial charge is 0.223 e. The molecule has 0 spiro atoms. The van der Waals surface area contributed by atoms with Crippen molar-refractivity contribution >= 4 is 11.8 Å². The molecule has 3 rings (SSSR count). The maximum atomic E-state index is 13.3. The molecule has 0 aliphatic rings. The molecule has 1 aromatic heterocycles. The van der Waals surface area contributed by atoms with E-state index in [2.05, 4.69) is 9.97 Å². The minimum absolute atomic E-state index is 0.340. The van der Waals surface area contributed by atoms with Crippen LogP contribution in [0.15, 0.2) is 53.7 Å². The topological polar surface area (TPSA) is 44.2 Å². The van der Waals surface area contributed by atoms with Crippen molar-refractivity contribution in [2.45, 2.75) is 17.8 Å². The first kappa shape index (κ1) is 18.1. The van der Waals surface area contributed by atoms with Crippen LogP contribution in [0, 0.1) is 18.6 Å². The molecule has 0 atom stereocenters. The van der Waals surface area contributed by atoms with Gasteiger partial charge in [-0.3, -0.25) is 0 Å². The molecule has 4 nitrogen and oxygen atoms in total. The van der Waals surface area contributed by atoms with E-state index >= 15 is 0 Å². The van der Waals surface area contributed by atoms with Crippen molar-refractivity contribution in [2.24, 2.45) is 0 Å². The van der Waals surface area contributed by atoms with E-state index in [-0.39, 0.29) is 0 Å². The van der Waals surface area contributed by atoms with Crippen LogP contribution in [0.5, 0.6) is 17.4 Å². The Labute approximate surface area is 154 Å². The highest BCUT2D eigenvalue weighted by atomic mass is 32.2. The van der Waals surface area contributed by atoms with Gasteiger partial charge in [-0.2, -0.15) is 4.98 Å². The second-order valence-corrected chi connectivity index (χ2v) is 6.39. The van der Waals surface area contributed by atoms with Gasteiger partial charge in [0, 0.05) is 23.6 Å². The first-order chi connectivity index (χ1) is 12.5. The number of benzene rings is 2. The van der Waals surface area contributed by atoms with E-state index in [9.17, 15) is 8.78 Å². The molecule has 0 radical (unpaired) electrons. The molecular weight excluding hydrogens is 358 g/mol. The third kappa shape index (κ3) is 4.70. The second kappa shape index (κ2) is 8.14. The van der Waals surface area contributed by atoms with Crippen molar-refractivity contribution in [2.75, 3.05) is 7.11 Å². The molecule has 134 valence electrons. The lowest BCUT2D eigenvalue weighted by Gasteiger charge is -2.10. The second-order valence-electron chi connectivity index (χ2n) is 5.45. The van der Waals surface area contributed by atoms with Gasteiger partial charge >= 0.3 is 0 Å². The predicted octanol–water partition coefficient (Wildman–Crippen LogP) is 5.16. The van der Waals surface area contributed by atoms with E-state index in [0.717, 1.165) is 11.8 Å². The number of ether oxygens (including phenoxy) is 2. The minimum Gasteiger partial charge on any atom is -0.493 e. The molecule has 2 aromatic carbocycles. The number of halogens is 2. The molecule has 0 saturated carbocycles. The number of hydrogen-bond acceptors (Lipinski definition) is 5. The summed E-state index contributed by atoms with van der Waals surface area (Å²) in [4.78, 5) is 8.68. The van der Waals surface area contributed by atoms with Gasteiger partial charge in [0.1, 0.15) is 11.6 Å². The van der Waals surface area contributed by atoms with Crippen LogP contribution >= 0.6 is 11.8 Å². The standard InChI is InChI=1S/C19H16F2N2O2S/c1-12-7-18(25-17-6-4-3-5-16(17)24-2)23-19(22-12)26-11-13-8-14(20)10-15(21)9-13/h3-10H,11H2,1-2H3.